The number of esters is 1. The molecule has 0 atom stereocenters. The van der Waals surface area contributed by atoms with Crippen LogP contribution in [0.1, 0.15) is 15.9 Å². The second-order valence-corrected chi connectivity index (χ2v) is 5.81. The normalized spacial score (nSPS) is 13.1. The van der Waals surface area contributed by atoms with Gasteiger partial charge in [-0.15, -0.1) is 0 Å². The van der Waals surface area contributed by atoms with Gasteiger partial charge in [0.05, 0.1) is 12.1 Å². The van der Waals surface area contributed by atoms with Gasteiger partial charge in [-0.2, -0.15) is 0 Å². The minimum Gasteiger partial charge on any atom is -0.454 e. The van der Waals surface area contributed by atoms with E-state index in [9.17, 15) is 23.6 Å². The van der Waals surface area contributed by atoms with Crippen molar-refractivity contribution in [2.45, 2.75) is 6.42 Å². The van der Waals surface area contributed by atoms with E-state index in [0.29, 0.717) is 11.1 Å². The van der Waals surface area contributed by atoms with Crippen LogP contribution in [-0.4, -0.2) is 41.7 Å². The molecule has 0 saturated heterocycles. The van der Waals surface area contributed by atoms with E-state index in [1.165, 1.54) is 24.3 Å². The molecule has 7 nitrogen and oxygen atoms in total. The van der Waals surface area contributed by atoms with Crippen molar-refractivity contribution in [3.05, 3.63) is 65.5 Å². The number of benzene rings is 2. The number of hydrogen-bond donors (Lipinski definition) is 1. The molecule has 0 radical (unpaired) electrons. The third kappa shape index (κ3) is 4.17. The Balaban J connectivity index is 1.55. The summed E-state index contributed by atoms with van der Waals surface area (Å²) in [6.45, 7) is -1.26. The molecule has 2 aromatic rings. The van der Waals surface area contributed by atoms with Crippen LogP contribution in [0.25, 0.3) is 0 Å². The van der Waals surface area contributed by atoms with Crippen molar-refractivity contribution in [1.29, 1.82) is 0 Å². The molecule has 0 unspecified atom stereocenters. The summed E-state index contributed by atoms with van der Waals surface area (Å²) in [5.74, 6) is -3.39. The lowest BCUT2D eigenvalue weighted by atomic mass is 9.98. The van der Waals surface area contributed by atoms with Crippen LogP contribution in [0.4, 0.5) is 10.1 Å². The Morgan fingerprint density at radius 2 is 1.78 bits per heavy atom. The Bertz CT molecular complexity index is 928. The number of halogens is 1. The number of carbonyl (C=O) groups is 4. The van der Waals surface area contributed by atoms with Gasteiger partial charge >= 0.3 is 5.97 Å². The summed E-state index contributed by atoms with van der Waals surface area (Å²) in [5, 5.41) is 2.26. The zero-order chi connectivity index (χ0) is 19.4. The number of fused-ring (bicyclic) bond motifs is 1. The van der Waals surface area contributed by atoms with Gasteiger partial charge < -0.3 is 10.1 Å². The summed E-state index contributed by atoms with van der Waals surface area (Å²) in [5.41, 5.74) is 0.903. The predicted molar refractivity (Wildman–Crippen MR) is 92.2 cm³/mol. The largest absolute Gasteiger partial charge is 0.454 e. The summed E-state index contributed by atoms with van der Waals surface area (Å²) in [4.78, 5) is 48.9. The van der Waals surface area contributed by atoms with Crippen molar-refractivity contribution in [2.75, 3.05) is 18.5 Å². The minimum absolute atomic E-state index is 0.00294. The van der Waals surface area contributed by atoms with Gasteiger partial charge in [0.25, 0.3) is 11.8 Å². The highest BCUT2D eigenvalue weighted by Gasteiger charge is 2.32. The van der Waals surface area contributed by atoms with Crippen LogP contribution in [0.2, 0.25) is 0 Å². The van der Waals surface area contributed by atoms with E-state index in [2.05, 4.69) is 5.32 Å². The van der Waals surface area contributed by atoms with Crippen LogP contribution in [0, 0.1) is 5.82 Å². The third-order valence-corrected chi connectivity index (χ3v) is 3.94. The number of nitrogens with zero attached hydrogens (tertiary/aromatic N) is 1. The third-order valence-electron chi connectivity index (χ3n) is 3.94. The maximum Gasteiger partial charge on any atom is 0.326 e. The molecule has 3 amide bonds. The van der Waals surface area contributed by atoms with Crippen molar-refractivity contribution < 1.29 is 28.3 Å². The van der Waals surface area contributed by atoms with Crippen LogP contribution < -0.4 is 5.32 Å². The average molecular weight is 370 g/mol. The van der Waals surface area contributed by atoms with Gasteiger partial charge in [-0.3, -0.25) is 24.1 Å². The van der Waals surface area contributed by atoms with Crippen molar-refractivity contribution in [1.82, 2.24) is 4.90 Å². The van der Waals surface area contributed by atoms with Crippen molar-refractivity contribution in [3.63, 3.8) is 0 Å². The molecule has 0 saturated carbocycles. The topological polar surface area (TPSA) is 92.8 Å². The molecule has 2 aromatic carbocycles. The van der Waals surface area contributed by atoms with Gasteiger partial charge in [0, 0.05) is 5.56 Å². The van der Waals surface area contributed by atoms with Gasteiger partial charge in [-0.25, -0.2) is 4.39 Å². The summed E-state index contributed by atoms with van der Waals surface area (Å²) in [6.07, 6.45) is 0.00294. The van der Waals surface area contributed by atoms with Gasteiger partial charge in [0.2, 0.25) is 5.91 Å². The van der Waals surface area contributed by atoms with E-state index in [4.69, 9.17) is 4.74 Å². The smallest absolute Gasteiger partial charge is 0.326 e. The second-order valence-electron chi connectivity index (χ2n) is 5.81. The first-order valence-corrected chi connectivity index (χ1v) is 8.08. The summed E-state index contributed by atoms with van der Waals surface area (Å²) in [7, 11) is 0. The van der Waals surface area contributed by atoms with Crippen molar-refractivity contribution in [3.8, 4) is 0 Å². The number of ether oxygens (including phenoxy) is 1. The van der Waals surface area contributed by atoms with Gasteiger partial charge in [0.15, 0.2) is 6.61 Å². The fraction of sp³-hybridized carbons (Fsp3) is 0.158. The Labute approximate surface area is 153 Å². The highest BCUT2D eigenvalue weighted by molar-refractivity contribution is 6.11. The van der Waals surface area contributed by atoms with Crippen LogP contribution in [0.3, 0.4) is 0 Å². The molecule has 1 aliphatic heterocycles. The number of para-hydroxylation sites is 1. The summed E-state index contributed by atoms with van der Waals surface area (Å²) >= 11 is 0. The highest BCUT2D eigenvalue weighted by atomic mass is 19.1. The predicted octanol–water partition coefficient (Wildman–Crippen LogP) is 1.53. The molecular formula is C19H15FN2O5. The first kappa shape index (κ1) is 18.2. The standard InChI is InChI=1S/C19H15FN2O5/c20-14-7-3-4-8-15(14)21-16(23)11-27-18(25)10-22-17(24)9-12-5-1-2-6-13(12)19(22)26/h1-8H,9-11H2,(H,21,23). The Kier molecular flexibility index (Phi) is 5.25. The fourth-order valence-corrected chi connectivity index (χ4v) is 2.63. The van der Waals surface area contributed by atoms with E-state index in [0.717, 1.165) is 4.90 Å². The molecule has 0 bridgehead atoms. The second kappa shape index (κ2) is 7.77. The average Bonchev–Trinajstić information content (AvgIpc) is 2.65. The number of amides is 3. The maximum atomic E-state index is 13.5. The van der Waals surface area contributed by atoms with Gasteiger partial charge in [0.1, 0.15) is 12.4 Å². The molecular weight excluding hydrogens is 355 g/mol. The zero-order valence-corrected chi connectivity index (χ0v) is 14.1. The number of imide groups is 1. The van der Waals surface area contributed by atoms with Crippen LogP contribution >= 0.6 is 0 Å². The number of anilines is 1. The molecule has 3 rings (SSSR count). The summed E-state index contributed by atoms with van der Waals surface area (Å²) in [6, 6.07) is 12.2. The first-order valence-electron chi connectivity index (χ1n) is 8.08. The molecule has 1 aliphatic rings. The van der Waals surface area contributed by atoms with Gasteiger partial charge in [-0.1, -0.05) is 30.3 Å². The van der Waals surface area contributed by atoms with Crippen LogP contribution in [0.5, 0.6) is 0 Å². The van der Waals surface area contributed by atoms with Gasteiger partial charge in [-0.05, 0) is 23.8 Å². The number of hydrogen-bond acceptors (Lipinski definition) is 5. The molecule has 27 heavy (non-hydrogen) atoms. The van der Waals surface area contributed by atoms with Crippen molar-refractivity contribution in [2.24, 2.45) is 0 Å². The molecule has 0 aromatic heterocycles. The maximum absolute atomic E-state index is 13.5. The number of carbonyl (C=O) groups excluding carboxylic acids is 4. The zero-order valence-electron chi connectivity index (χ0n) is 14.1. The SMILES string of the molecule is O=C(COC(=O)CN1C(=O)Cc2ccccc2C1=O)Nc1ccccc1F. The van der Waals surface area contributed by atoms with Crippen LogP contribution in [-0.2, 0) is 25.5 Å². The monoisotopic (exact) mass is 370 g/mol. The Morgan fingerprint density at radius 3 is 2.56 bits per heavy atom. The van der Waals surface area contributed by atoms with E-state index in [1.54, 1.807) is 24.3 Å². The lowest BCUT2D eigenvalue weighted by molar-refractivity contribution is -0.150. The Hall–Kier alpha value is -3.55. The molecule has 0 spiro atoms. The number of nitrogens with one attached hydrogen (secondary N) is 1. The molecule has 8 heteroatoms. The summed E-state index contributed by atoms with van der Waals surface area (Å²) < 4.78 is 18.2. The number of rotatable bonds is 5. The molecule has 0 fully saturated rings. The van der Waals surface area contributed by atoms with Crippen molar-refractivity contribution >= 4 is 29.4 Å². The van der Waals surface area contributed by atoms with Crippen LogP contribution in [0.15, 0.2) is 48.5 Å². The highest BCUT2D eigenvalue weighted by Crippen LogP contribution is 2.19. The molecule has 1 N–H and O–H groups in total. The lowest BCUT2D eigenvalue weighted by Crippen LogP contribution is -2.45. The first-order chi connectivity index (χ1) is 13.0. The van der Waals surface area contributed by atoms with E-state index >= 15 is 0 Å². The lowest BCUT2D eigenvalue weighted by Gasteiger charge is -2.25. The molecule has 0 aliphatic carbocycles. The fourth-order valence-electron chi connectivity index (χ4n) is 2.63. The minimum atomic E-state index is -0.917. The quantitative estimate of drug-likeness (QED) is 0.637. The van der Waals surface area contributed by atoms with E-state index < -0.39 is 42.7 Å². The Morgan fingerprint density at radius 1 is 1.07 bits per heavy atom. The molecule has 138 valence electrons. The molecule has 1 heterocycles. The van der Waals surface area contributed by atoms with E-state index in [1.807, 2.05) is 0 Å². The van der Waals surface area contributed by atoms with E-state index in [-0.39, 0.29) is 12.1 Å².